The minimum Gasteiger partial charge on any atom is -0.465 e. The summed E-state index contributed by atoms with van der Waals surface area (Å²) in [6.45, 7) is 4.01. The molecule has 3 rings (SSSR count). The van der Waals surface area contributed by atoms with E-state index in [-0.39, 0.29) is 17.7 Å². The van der Waals surface area contributed by atoms with E-state index in [4.69, 9.17) is 4.74 Å². The number of pyridine rings is 1. The van der Waals surface area contributed by atoms with Crippen molar-refractivity contribution in [3.63, 3.8) is 0 Å². The molecule has 0 spiro atoms. The van der Waals surface area contributed by atoms with Gasteiger partial charge in [-0.2, -0.15) is 0 Å². The third-order valence-corrected chi connectivity index (χ3v) is 4.96. The van der Waals surface area contributed by atoms with Gasteiger partial charge in [0.1, 0.15) is 0 Å². The Morgan fingerprint density at radius 1 is 1.30 bits per heavy atom. The molecule has 0 saturated carbocycles. The summed E-state index contributed by atoms with van der Waals surface area (Å²) >= 11 is 0. The van der Waals surface area contributed by atoms with Gasteiger partial charge >= 0.3 is 5.97 Å². The zero-order valence-electron chi connectivity index (χ0n) is 15.9. The summed E-state index contributed by atoms with van der Waals surface area (Å²) in [5.74, 6) is -0.460. The number of aromatic nitrogens is 1. The van der Waals surface area contributed by atoms with Crippen molar-refractivity contribution in [3.05, 3.63) is 59.9 Å². The number of hydrogen-bond donors (Lipinski definition) is 1. The Labute approximate surface area is 159 Å². The highest BCUT2D eigenvalue weighted by molar-refractivity contribution is 5.99. The van der Waals surface area contributed by atoms with Crippen molar-refractivity contribution in [1.82, 2.24) is 4.98 Å². The molecule has 2 heterocycles. The minimum atomic E-state index is -0.410. The van der Waals surface area contributed by atoms with Crippen molar-refractivity contribution >= 4 is 17.6 Å². The van der Waals surface area contributed by atoms with Gasteiger partial charge in [-0.25, -0.2) is 4.79 Å². The highest BCUT2D eigenvalue weighted by atomic mass is 16.5. The number of amides is 1. The molecule has 0 fully saturated rings. The molecular formula is C22H24N2O3. The van der Waals surface area contributed by atoms with Crippen molar-refractivity contribution in [2.45, 2.75) is 32.6 Å². The van der Waals surface area contributed by atoms with E-state index < -0.39 is 5.97 Å². The Bertz CT molecular complexity index is 889. The molecule has 5 heteroatoms. The van der Waals surface area contributed by atoms with E-state index >= 15 is 0 Å². The number of hydrogen-bond acceptors (Lipinski definition) is 4. The number of ether oxygens (including phenoxy) is 1. The van der Waals surface area contributed by atoms with Gasteiger partial charge in [-0.05, 0) is 48.7 Å². The van der Waals surface area contributed by atoms with E-state index in [1.54, 1.807) is 24.4 Å². The molecule has 1 aromatic heterocycles. The van der Waals surface area contributed by atoms with Crippen LogP contribution < -0.4 is 5.32 Å². The SMILES string of the molecule is CCC1CC=CC(C)C(=O)Nc2ccc(C(=O)OC)cc2-c2ccnc1c2. The van der Waals surface area contributed by atoms with Gasteiger partial charge < -0.3 is 10.1 Å². The smallest absolute Gasteiger partial charge is 0.337 e. The Balaban J connectivity index is 2.18. The molecule has 27 heavy (non-hydrogen) atoms. The summed E-state index contributed by atoms with van der Waals surface area (Å²) in [5.41, 5.74) is 3.81. The highest BCUT2D eigenvalue weighted by Gasteiger charge is 2.18. The number of methoxy groups -OCH3 is 1. The number of benzene rings is 1. The quantitative estimate of drug-likeness (QED) is 0.626. The van der Waals surface area contributed by atoms with E-state index in [0.29, 0.717) is 11.3 Å². The van der Waals surface area contributed by atoms with E-state index in [1.165, 1.54) is 7.11 Å². The molecule has 1 aliphatic rings. The van der Waals surface area contributed by atoms with E-state index in [1.807, 2.05) is 25.1 Å². The van der Waals surface area contributed by atoms with Gasteiger partial charge in [0.15, 0.2) is 0 Å². The van der Waals surface area contributed by atoms with Gasteiger partial charge in [0.05, 0.1) is 18.6 Å². The number of allylic oxidation sites excluding steroid dienone is 1. The molecule has 2 unspecified atom stereocenters. The standard InChI is InChI=1S/C22H24N2O3/c1-4-15-7-5-6-14(2)21(25)24-19-9-8-17(22(26)27-3)12-18(19)16-10-11-23-20(15)13-16/h5-6,8-15H,4,7H2,1-3H3,(H,24,25). The first-order valence-electron chi connectivity index (χ1n) is 9.19. The number of anilines is 1. The number of carbonyl (C=O) groups excluding carboxylic acids is 2. The molecule has 1 aliphatic heterocycles. The lowest BCUT2D eigenvalue weighted by Gasteiger charge is -2.18. The fourth-order valence-electron chi connectivity index (χ4n) is 3.25. The normalized spacial score (nSPS) is 19.3. The predicted octanol–water partition coefficient (Wildman–Crippen LogP) is 4.56. The average molecular weight is 364 g/mol. The van der Waals surface area contributed by atoms with Crippen molar-refractivity contribution in [2.24, 2.45) is 5.92 Å². The van der Waals surface area contributed by atoms with Crippen LogP contribution in [0.3, 0.4) is 0 Å². The summed E-state index contributed by atoms with van der Waals surface area (Å²) in [5, 5.41) is 2.98. The predicted molar refractivity (Wildman–Crippen MR) is 106 cm³/mol. The summed E-state index contributed by atoms with van der Waals surface area (Å²) in [6, 6.07) is 9.10. The number of rotatable bonds is 2. The van der Waals surface area contributed by atoms with E-state index in [2.05, 4.69) is 23.3 Å². The van der Waals surface area contributed by atoms with Crippen LogP contribution in [0.4, 0.5) is 5.69 Å². The lowest BCUT2D eigenvalue weighted by Crippen LogP contribution is -2.19. The second-order valence-electron chi connectivity index (χ2n) is 6.77. The van der Waals surface area contributed by atoms with Crippen LogP contribution in [0.1, 0.15) is 48.7 Å². The van der Waals surface area contributed by atoms with E-state index in [9.17, 15) is 9.59 Å². The Morgan fingerprint density at radius 2 is 2.11 bits per heavy atom. The van der Waals surface area contributed by atoms with Crippen molar-refractivity contribution < 1.29 is 14.3 Å². The van der Waals surface area contributed by atoms with Crippen LogP contribution in [0.25, 0.3) is 11.1 Å². The second kappa shape index (κ2) is 8.16. The van der Waals surface area contributed by atoms with Crippen molar-refractivity contribution in [1.29, 1.82) is 0 Å². The third-order valence-electron chi connectivity index (χ3n) is 4.96. The molecule has 0 saturated heterocycles. The zero-order chi connectivity index (χ0) is 19.4. The molecule has 140 valence electrons. The second-order valence-corrected chi connectivity index (χ2v) is 6.77. The average Bonchev–Trinajstić information content (AvgIpc) is 2.70. The zero-order valence-corrected chi connectivity index (χ0v) is 15.9. The van der Waals surface area contributed by atoms with Crippen molar-refractivity contribution in [3.8, 4) is 11.1 Å². The lowest BCUT2D eigenvalue weighted by atomic mass is 9.93. The van der Waals surface area contributed by atoms with Gasteiger partial charge in [0, 0.05) is 29.1 Å². The maximum atomic E-state index is 12.6. The van der Waals surface area contributed by atoms with Crippen LogP contribution in [-0.4, -0.2) is 24.0 Å². The van der Waals surface area contributed by atoms with Gasteiger partial charge in [-0.3, -0.25) is 9.78 Å². The third kappa shape index (κ3) is 4.08. The fraction of sp³-hybridized carbons (Fsp3) is 0.318. The van der Waals surface area contributed by atoms with Gasteiger partial charge in [0.25, 0.3) is 0 Å². The van der Waals surface area contributed by atoms with Crippen LogP contribution in [0, 0.1) is 5.92 Å². The highest BCUT2D eigenvalue weighted by Crippen LogP contribution is 2.33. The van der Waals surface area contributed by atoms with Gasteiger partial charge in [-0.15, -0.1) is 0 Å². The Morgan fingerprint density at radius 3 is 2.85 bits per heavy atom. The number of nitrogens with one attached hydrogen (secondary N) is 1. The summed E-state index contributed by atoms with van der Waals surface area (Å²) < 4.78 is 4.84. The van der Waals surface area contributed by atoms with Crippen LogP contribution in [0.15, 0.2) is 48.7 Å². The molecule has 1 N–H and O–H groups in total. The maximum Gasteiger partial charge on any atom is 0.337 e. The number of esters is 1. The number of carbonyl (C=O) groups is 2. The van der Waals surface area contributed by atoms with Crippen LogP contribution in [0.2, 0.25) is 0 Å². The summed E-state index contributed by atoms with van der Waals surface area (Å²) in [4.78, 5) is 29.1. The Kier molecular flexibility index (Phi) is 5.69. The number of nitrogens with zero attached hydrogens (tertiary/aromatic N) is 1. The number of fused-ring (bicyclic) bond motifs is 4. The first kappa shape index (κ1) is 18.8. The molecule has 0 aliphatic carbocycles. The topological polar surface area (TPSA) is 68.3 Å². The Hall–Kier alpha value is -2.95. The first-order valence-corrected chi connectivity index (χ1v) is 9.19. The minimum absolute atomic E-state index is 0.0822. The van der Waals surface area contributed by atoms with Gasteiger partial charge in [-0.1, -0.05) is 26.0 Å². The molecular weight excluding hydrogens is 340 g/mol. The molecule has 0 radical (unpaired) electrons. The summed E-state index contributed by atoms with van der Waals surface area (Å²) in [7, 11) is 1.36. The molecule has 5 nitrogen and oxygen atoms in total. The largest absolute Gasteiger partial charge is 0.465 e. The molecule has 2 atom stereocenters. The van der Waals surface area contributed by atoms with Gasteiger partial charge in [0.2, 0.25) is 5.91 Å². The van der Waals surface area contributed by atoms with Crippen molar-refractivity contribution in [2.75, 3.05) is 12.4 Å². The maximum absolute atomic E-state index is 12.6. The van der Waals surface area contributed by atoms with Crippen LogP contribution >= 0.6 is 0 Å². The molecule has 1 aromatic carbocycles. The first-order chi connectivity index (χ1) is 13.0. The van der Waals surface area contributed by atoms with E-state index in [0.717, 1.165) is 29.7 Å². The molecule has 2 bridgehead atoms. The summed E-state index contributed by atoms with van der Waals surface area (Å²) in [6.07, 6.45) is 7.57. The molecule has 2 aromatic rings. The molecule has 1 amide bonds. The van der Waals surface area contributed by atoms with Crippen LogP contribution in [0.5, 0.6) is 0 Å². The fourth-order valence-corrected chi connectivity index (χ4v) is 3.25. The monoisotopic (exact) mass is 364 g/mol. The van der Waals surface area contributed by atoms with Crippen LogP contribution in [-0.2, 0) is 9.53 Å². The lowest BCUT2D eigenvalue weighted by molar-refractivity contribution is -0.118.